The van der Waals surface area contributed by atoms with Gasteiger partial charge in [-0.2, -0.15) is 0 Å². The van der Waals surface area contributed by atoms with Crippen molar-refractivity contribution in [2.45, 2.75) is 0 Å². The van der Waals surface area contributed by atoms with Crippen molar-refractivity contribution in [1.29, 1.82) is 5.41 Å². The molecule has 0 unspecified atom stereocenters. The predicted octanol–water partition coefficient (Wildman–Crippen LogP) is 2.97. The fourth-order valence-corrected chi connectivity index (χ4v) is 1.62. The van der Waals surface area contributed by atoms with Crippen molar-refractivity contribution in [3.05, 3.63) is 27.7 Å². The molecule has 1 aromatic carbocycles. The van der Waals surface area contributed by atoms with Crippen LogP contribution in [0.2, 0.25) is 10.0 Å². The van der Waals surface area contributed by atoms with Gasteiger partial charge in [-0.1, -0.05) is 23.2 Å². The molecule has 1 rings (SSSR count). The second kappa shape index (κ2) is 4.53. The van der Waals surface area contributed by atoms with Gasteiger partial charge >= 0.3 is 0 Å². The Morgan fingerprint density at radius 3 is 2.43 bits per heavy atom. The quantitative estimate of drug-likeness (QED) is 0.631. The molecule has 0 aliphatic heterocycles. The van der Waals surface area contributed by atoms with Crippen molar-refractivity contribution in [3.8, 4) is 5.75 Å². The van der Waals surface area contributed by atoms with Crippen LogP contribution in [-0.4, -0.2) is 20.1 Å². The third-order valence-electron chi connectivity index (χ3n) is 1.66. The maximum atomic E-state index is 7.50. The largest absolute Gasteiger partial charge is 0.494 e. The first kappa shape index (κ1) is 11.1. The molecule has 5 heteroatoms. The second-order valence-electron chi connectivity index (χ2n) is 2.50. The average Bonchev–Trinajstić information content (AvgIpc) is 2.15. The van der Waals surface area contributed by atoms with Gasteiger partial charge in [-0.25, -0.2) is 0 Å². The molecular weight excluding hydrogens is 225 g/mol. The topological polar surface area (TPSA) is 42.3 Å². The van der Waals surface area contributed by atoms with E-state index >= 15 is 0 Å². The molecule has 0 aromatic heterocycles. The highest BCUT2D eigenvalue weighted by Crippen LogP contribution is 2.32. The lowest BCUT2D eigenvalue weighted by Gasteiger charge is -2.10. The minimum Gasteiger partial charge on any atom is -0.494 e. The first-order valence-electron chi connectivity index (χ1n) is 3.76. The van der Waals surface area contributed by atoms with E-state index < -0.39 is 0 Å². The summed E-state index contributed by atoms with van der Waals surface area (Å²) < 4.78 is 9.82. The maximum Gasteiger partial charge on any atom is 0.216 e. The van der Waals surface area contributed by atoms with E-state index in [0.29, 0.717) is 21.4 Å². The van der Waals surface area contributed by atoms with Gasteiger partial charge in [-0.3, -0.25) is 5.41 Å². The van der Waals surface area contributed by atoms with Gasteiger partial charge in [-0.05, 0) is 12.1 Å². The lowest BCUT2D eigenvalue weighted by molar-refractivity contribution is 0.388. The first-order valence-corrected chi connectivity index (χ1v) is 4.51. The maximum absolute atomic E-state index is 7.50. The van der Waals surface area contributed by atoms with Gasteiger partial charge in [0.15, 0.2) is 0 Å². The highest BCUT2D eigenvalue weighted by Gasteiger charge is 2.14. The van der Waals surface area contributed by atoms with E-state index in [2.05, 4.69) is 0 Å². The number of hydrogen-bond acceptors (Lipinski definition) is 3. The lowest BCUT2D eigenvalue weighted by atomic mass is 10.2. The number of hydrogen-bond donors (Lipinski definition) is 1. The SMILES string of the molecule is COC(=N)c1cc(Cl)cc(Cl)c1OC. The van der Waals surface area contributed by atoms with E-state index in [1.54, 1.807) is 12.1 Å². The molecule has 0 amide bonds. The molecule has 0 heterocycles. The van der Waals surface area contributed by atoms with Gasteiger partial charge in [0, 0.05) is 5.02 Å². The Bertz CT molecular complexity index is 366. The molecule has 0 spiro atoms. The van der Waals surface area contributed by atoms with Crippen molar-refractivity contribution in [2.75, 3.05) is 14.2 Å². The van der Waals surface area contributed by atoms with Gasteiger partial charge in [0.2, 0.25) is 5.90 Å². The molecule has 0 aliphatic carbocycles. The highest BCUT2D eigenvalue weighted by molar-refractivity contribution is 6.36. The fourth-order valence-electron chi connectivity index (χ4n) is 1.05. The third-order valence-corrected chi connectivity index (χ3v) is 2.16. The minimum absolute atomic E-state index is 0.0359. The number of ether oxygens (including phenoxy) is 2. The van der Waals surface area contributed by atoms with E-state index in [4.69, 9.17) is 38.1 Å². The van der Waals surface area contributed by atoms with Crippen molar-refractivity contribution in [2.24, 2.45) is 0 Å². The van der Waals surface area contributed by atoms with Gasteiger partial charge < -0.3 is 9.47 Å². The summed E-state index contributed by atoms with van der Waals surface area (Å²) in [4.78, 5) is 0. The van der Waals surface area contributed by atoms with E-state index in [1.807, 2.05) is 0 Å². The van der Waals surface area contributed by atoms with Crippen molar-refractivity contribution in [3.63, 3.8) is 0 Å². The zero-order valence-corrected chi connectivity index (χ0v) is 9.24. The molecule has 3 nitrogen and oxygen atoms in total. The van der Waals surface area contributed by atoms with Gasteiger partial charge in [0.1, 0.15) is 5.75 Å². The molecule has 0 aliphatic rings. The number of rotatable bonds is 2. The molecule has 76 valence electrons. The normalized spacial score (nSPS) is 9.71. The number of nitrogens with one attached hydrogen (secondary N) is 1. The Kier molecular flexibility index (Phi) is 3.61. The van der Waals surface area contributed by atoms with E-state index in [-0.39, 0.29) is 5.90 Å². The van der Waals surface area contributed by atoms with Crippen LogP contribution in [0.15, 0.2) is 12.1 Å². The first-order chi connectivity index (χ1) is 6.60. The smallest absolute Gasteiger partial charge is 0.216 e. The zero-order valence-electron chi connectivity index (χ0n) is 7.73. The number of methoxy groups -OCH3 is 2. The van der Waals surface area contributed by atoms with Crippen LogP contribution in [0.4, 0.5) is 0 Å². The Hall–Kier alpha value is -0.930. The van der Waals surface area contributed by atoms with Crippen LogP contribution >= 0.6 is 23.2 Å². The summed E-state index contributed by atoms with van der Waals surface area (Å²) in [5.41, 5.74) is 0.438. The van der Waals surface area contributed by atoms with E-state index in [1.165, 1.54) is 14.2 Å². The fraction of sp³-hybridized carbons (Fsp3) is 0.222. The summed E-state index contributed by atoms with van der Waals surface area (Å²) in [6.07, 6.45) is 0. The minimum atomic E-state index is -0.0359. The summed E-state index contributed by atoms with van der Waals surface area (Å²) in [5, 5.41) is 8.29. The molecular formula is C9H9Cl2NO2. The van der Waals surface area contributed by atoms with Crippen LogP contribution in [0.25, 0.3) is 0 Å². The monoisotopic (exact) mass is 233 g/mol. The third kappa shape index (κ3) is 2.11. The Morgan fingerprint density at radius 2 is 1.93 bits per heavy atom. The van der Waals surface area contributed by atoms with Crippen LogP contribution < -0.4 is 4.74 Å². The van der Waals surface area contributed by atoms with Crippen LogP contribution in [0.1, 0.15) is 5.56 Å². The van der Waals surface area contributed by atoms with Crippen LogP contribution in [-0.2, 0) is 4.74 Å². The lowest BCUT2D eigenvalue weighted by Crippen LogP contribution is -2.04. The van der Waals surface area contributed by atoms with E-state index in [9.17, 15) is 0 Å². The summed E-state index contributed by atoms with van der Waals surface area (Å²) in [6.45, 7) is 0. The molecule has 14 heavy (non-hydrogen) atoms. The van der Waals surface area contributed by atoms with Gasteiger partial charge in [0.05, 0.1) is 24.8 Å². The summed E-state index contributed by atoms with van der Waals surface area (Å²) in [5.74, 6) is 0.356. The summed E-state index contributed by atoms with van der Waals surface area (Å²) >= 11 is 11.7. The van der Waals surface area contributed by atoms with Crippen molar-refractivity contribution < 1.29 is 9.47 Å². The van der Waals surface area contributed by atoms with E-state index in [0.717, 1.165) is 0 Å². The predicted molar refractivity (Wildman–Crippen MR) is 56.9 cm³/mol. The Morgan fingerprint density at radius 1 is 1.29 bits per heavy atom. The molecule has 1 aromatic rings. The van der Waals surface area contributed by atoms with Crippen LogP contribution in [0.3, 0.4) is 0 Å². The summed E-state index contributed by atoms with van der Waals surface area (Å²) in [6, 6.07) is 3.12. The number of halogens is 2. The zero-order chi connectivity index (χ0) is 10.7. The molecule has 1 N–H and O–H groups in total. The highest BCUT2D eigenvalue weighted by atomic mass is 35.5. The Labute approximate surface area is 92.0 Å². The molecule has 0 saturated heterocycles. The molecule has 0 radical (unpaired) electrons. The Balaban J connectivity index is 3.32. The molecule has 0 bridgehead atoms. The number of benzene rings is 1. The average molecular weight is 234 g/mol. The molecule has 0 atom stereocenters. The standard InChI is InChI=1S/C9H9Cl2NO2/c1-13-8-6(9(12)14-2)3-5(10)4-7(8)11/h3-4,12H,1-2H3. The second-order valence-corrected chi connectivity index (χ2v) is 3.35. The van der Waals surface area contributed by atoms with Gasteiger partial charge in [0.25, 0.3) is 0 Å². The summed E-state index contributed by atoms with van der Waals surface area (Å²) in [7, 11) is 2.87. The van der Waals surface area contributed by atoms with Crippen molar-refractivity contribution >= 4 is 29.1 Å². The van der Waals surface area contributed by atoms with Crippen LogP contribution in [0.5, 0.6) is 5.75 Å². The van der Waals surface area contributed by atoms with Crippen molar-refractivity contribution in [1.82, 2.24) is 0 Å². The molecule has 0 saturated carbocycles. The van der Waals surface area contributed by atoms with Crippen LogP contribution in [0, 0.1) is 5.41 Å². The van der Waals surface area contributed by atoms with Gasteiger partial charge in [-0.15, -0.1) is 0 Å². The molecule has 0 fully saturated rings.